The third-order valence-corrected chi connectivity index (χ3v) is 3.47. The van der Waals surface area contributed by atoms with Crippen molar-refractivity contribution in [3.63, 3.8) is 0 Å². The van der Waals surface area contributed by atoms with Gasteiger partial charge >= 0.3 is 0 Å². The van der Waals surface area contributed by atoms with E-state index in [9.17, 15) is 0 Å². The normalized spacial score (nSPS) is 10.7. The largest absolute Gasteiger partial charge is 0.497 e. The number of benzene rings is 1. The number of aromatic nitrogens is 2. The Labute approximate surface area is 135 Å². The van der Waals surface area contributed by atoms with Gasteiger partial charge in [0.2, 0.25) is 0 Å². The molecule has 0 bridgehead atoms. The van der Waals surface area contributed by atoms with E-state index in [0.29, 0.717) is 5.11 Å². The van der Waals surface area contributed by atoms with Crippen molar-refractivity contribution in [2.45, 2.75) is 13.8 Å². The fourth-order valence-electron chi connectivity index (χ4n) is 1.97. The zero-order chi connectivity index (χ0) is 16.1. The molecule has 2 aromatic rings. The molecule has 0 unspecified atom stereocenters. The number of anilines is 1. The standard InChI is InChI=1S/C15H19N5OS/c1-10-14(11(2)20(3)19-10)9-16-18-15(22)17-12-5-7-13(21-4)8-6-12/h5-9H,1-4H3,(H2,17,18,22)/b16-9+. The minimum absolute atomic E-state index is 0.417. The predicted octanol–water partition coefficient (Wildman–Crippen LogP) is 2.37. The van der Waals surface area contributed by atoms with Crippen LogP contribution in [0.3, 0.4) is 0 Å². The number of thiocarbonyl (C=S) groups is 1. The number of nitrogens with zero attached hydrogens (tertiary/aromatic N) is 3. The molecule has 0 spiro atoms. The highest BCUT2D eigenvalue weighted by atomic mass is 32.1. The van der Waals surface area contributed by atoms with E-state index in [1.165, 1.54) is 0 Å². The summed E-state index contributed by atoms with van der Waals surface area (Å²) in [6, 6.07) is 7.48. The third kappa shape index (κ3) is 3.82. The Hall–Kier alpha value is -2.41. The van der Waals surface area contributed by atoms with Gasteiger partial charge in [0.05, 0.1) is 19.0 Å². The van der Waals surface area contributed by atoms with E-state index in [0.717, 1.165) is 28.4 Å². The quantitative estimate of drug-likeness (QED) is 0.515. The second-order valence-corrected chi connectivity index (χ2v) is 5.17. The SMILES string of the molecule is COc1ccc(NC(=S)N/N=C/c2c(C)nn(C)c2C)cc1. The first-order valence-corrected chi connectivity index (χ1v) is 7.16. The van der Waals surface area contributed by atoms with Crippen LogP contribution in [0.25, 0.3) is 0 Å². The van der Waals surface area contributed by atoms with Crippen LogP contribution >= 0.6 is 12.2 Å². The highest BCUT2D eigenvalue weighted by molar-refractivity contribution is 7.80. The molecule has 7 heteroatoms. The fraction of sp³-hybridized carbons (Fsp3) is 0.267. The molecule has 2 rings (SSSR count). The summed E-state index contributed by atoms with van der Waals surface area (Å²) in [5.41, 5.74) is 6.63. The van der Waals surface area contributed by atoms with Crippen LogP contribution in [0.5, 0.6) is 5.75 Å². The minimum Gasteiger partial charge on any atom is -0.497 e. The predicted molar refractivity (Wildman–Crippen MR) is 92.6 cm³/mol. The average molecular weight is 317 g/mol. The molecule has 2 N–H and O–H groups in total. The van der Waals surface area contributed by atoms with Crippen molar-refractivity contribution in [1.29, 1.82) is 0 Å². The van der Waals surface area contributed by atoms with E-state index in [1.54, 1.807) is 13.3 Å². The lowest BCUT2D eigenvalue weighted by Gasteiger charge is -2.07. The summed E-state index contributed by atoms with van der Waals surface area (Å²) in [6.07, 6.45) is 1.72. The highest BCUT2D eigenvalue weighted by Gasteiger charge is 2.06. The van der Waals surface area contributed by atoms with Crippen LogP contribution in [0.2, 0.25) is 0 Å². The van der Waals surface area contributed by atoms with Crippen LogP contribution in [0.1, 0.15) is 17.0 Å². The average Bonchev–Trinajstić information content (AvgIpc) is 2.74. The second-order valence-electron chi connectivity index (χ2n) is 4.76. The summed E-state index contributed by atoms with van der Waals surface area (Å²) in [7, 11) is 3.54. The maximum absolute atomic E-state index is 5.20. The summed E-state index contributed by atoms with van der Waals surface area (Å²) in [6.45, 7) is 3.94. The number of rotatable bonds is 4. The van der Waals surface area contributed by atoms with E-state index in [-0.39, 0.29) is 0 Å². The molecule has 116 valence electrons. The maximum Gasteiger partial charge on any atom is 0.191 e. The Morgan fingerprint density at radius 1 is 1.32 bits per heavy atom. The van der Waals surface area contributed by atoms with Gasteiger partial charge in [-0.15, -0.1) is 0 Å². The second kappa shape index (κ2) is 7.04. The summed E-state index contributed by atoms with van der Waals surface area (Å²) in [5, 5.41) is 11.9. The van der Waals surface area contributed by atoms with Crippen LogP contribution < -0.4 is 15.5 Å². The molecular weight excluding hydrogens is 298 g/mol. The molecule has 0 aliphatic rings. The Balaban J connectivity index is 1.93. The van der Waals surface area contributed by atoms with E-state index in [4.69, 9.17) is 17.0 Å². The summed E-state index contributed by atoms with van der Waals surface area (Å²) < 4.78 is 6.93. The zero-order valence-electron chi connectivity index (χ0n) is 13.0. The van der Waals surface area contributed by atoms with Crippen LogP contribution in [0.15, 0.2) is 29.4 Å². The van der Waals surface area contributed by atoms with Crippen molar-refractivity contribution in [3.05, 3.63) is 41.2 Å². The van der Waals surface area contributed by atoms with Crippen LogP contribution in [-0.2, 0) is 7.05 Å². The molecule has 0 saturated carbocycles. The van der Waals surface area contributed by atoms with Crippen molar-refractivity contribution < 1.29 is 4.74 Å². The fourth-order valence-corrected chi connectivity index (χ4v) is 2.14. The Morgan fingerprint density at radius 2 is 2.00 bits per heavy atom. The van der Waals surface area contributed by atoms with Crippen molar-refractivity contribution in [1.82, 2.24) is 15.2 Å². The van der Waals surface area contributed by atoms with E-state index in [1.807, 2.05) is 49.8 Å². The van der Waals surface area contributed by atoms with Gasteiger partial charge in [-0.05, 0) is 50.3 Å². The molecule has 22 heavy (non-hydrogen) atoms. The smallest absolute Gasteiger partial charge is 0.191 e. The zero-order valence-corrected chi connectivity index (χ0v) is 13.9. The highest BCUT2D eigenvalue weighted by Crippen LogP contribution is 2.14. The molecule has 0 saturated heterocycles. The van der Waals surface area contributed by atoms with E-state index < -0.39 is 0 Å². The molecule has 1 aromatic heterocycles. The molecule has 0 amide bonds. The van der Waals surface area contributed by atoms with Gasteiger partial charge in [0.15, 0.2) is 5.11 Å². The molecule has 6 nitrogen and oxygen atoms in total. The van der Waals surface area contributed by atoms with Gasteiger partial charge in [-0.1, -0.05) is 0 Å². The molecule has 0 aliphatic carbocycles. The monoisotopic (exact) mass is 317 g/mol. The Kier molecular flexibility index (Phi) is 5.11. The van der Waals surface area contributed by atoms with Crippen molar-refractivity contribution in [3.8, 4) is 5.75 Å². The molecule has 0 fully saturated rings. The molecule has 0 atom stereocenters. The molecule has 0 radical (unpaired) electrons. The Bertz CT molecular complexity index is 691. The number of hydrazone groups is 1. The number of aryl methyl sites for hydroxylation is 2. The first-order valence-electron chi connectivity index (χ1n) is 6.75. The van der Waals surface area contributed by atoms with Crippen LogP contribution in [-0.4, -0.2) is 28.2 Å². The lowest BCUT2D eigenvalue weighted by atomic mass is 10.2. The maximum atomic E-state index is 5.20. The van der Waals surface area contributed by atoms with Gasteiger partial charge in [-0.3, -0.25) is 10.1 Å². The van der Waals surface area contributed by atoms with Crippen LogP contribution in [0.4, 0.5) is 5.69 Å². The van der Waals surface area contributed by atoms with Gasteiger partial charge in [0.25, 0.3) is 0 Å². The number of ether oxygens (including phenoxy) is 1. The lowest BCUT2D eigenvalue weighted by Crippen LogP contribution is -2.23. The molecule has 1 heterocycles. The van der Waals surface area contributed by atoms with Gasteiger partial charge in [-0.25, -0.2) is 0 Å². The van der Waals surface area contributed by atoms with E-state index in [2.05, 4.69) is 20.9 Å². The summed E-state index contributed by atoms with van der Waals surface area (Å²) in [5.74, 6) is 0.796. The molecule has 0 aliphatic heterocycles. The number of hydrogen-bond acceptors (Lipinski definition) is 4. The Morgan fingerprint density at radius 3 is 2.55 bits per heavy atom. The topological polar surface area (TPSA) is 63.5 Å². The van der Waals surface area contributed by atoms with Gasteiger partial charge in [-0.2, -0.15) is 10.2 Å². The van der Waals surface area contributed by atoms with Crippen molar-refractivity contribution >= 4 is 29.2 Å². The molecular formula is C15H19N5OS. The minimum atomic E-state index is 0.417. The summed E-state index contributed by atoms with van der Waals surface area (Å²) >= 11 is 5.20. The first-order chi connectivity index (χ1) is 10.5. The van der Waals surface area contributed by atoms with Gasteiger partial charge in [0, 0.05) is 24.0 Å². The summed E-state index contributed by atoms with van der Waals surface area (Å²) in [4.78, 5) is 0. The first kappa shape index (κ1) is 16.0. The van der Waals surface area contributed by atoms with Crippen molar-refractivity contribution in [2.24, 2.45) is 12.1 Å². The van der Waals surface area contributed by atoms with Gasteiger partial charge in [0.1, 0.15) is 5.75 Å². The van der Waals surface area contributed by atoms with Crippen molar-refractivity contribution in [2.75, 3.05) is 12.4 Å². The van der Waals surface area contributed by atoms with E-state index >= 15 is 0 Å². The number of nitrogens with one attached hydrogen (secondary N) is 2. The number of hydrogen-bond donors (Lipinski definition) is 2. The molecule has 1 aromatic carbocycles. The lowest BCUT2D eigenvalue weighted by molar-refractivity contribution is 0.415. The third-order valence-electron chi connectivity index (χ3n) is 3.27. The number of methoxy groups -OCH3 is 1. The van der Waals surface area contributed by atoms with Crippen LogP contribution in [0, 0.1) is 13.8 Å². The van der Waals surface area contributed by atoms with Gasteiger partial charge < -0.3 is 10.1 Å².